The first-order valence-corrected chi connectivity index (χ1v) is 10.0. The monoisotopic (exact) mass is 372 g/mol. The molecule has 0 aliphatic carbocycles. The Bertz CT molecular complexity index is 751. The molecule has 0 saturated carbocycles. The van der Waals surface area contributed by atoms with Crippen molar-refractivity contribution in [1.82, 2.24) is 14.9 Å². The fourth-order valence-electron chi connectivity index (χ4n) is 3.43. The minimum Gasteiger partial charge on any atom is -0.353 e. The van der Waals surface area contributed by atoms with E-state index in [-0.39, 0.29) is 6.03 Å². The molecular formula is C18H24N6OS. The van der Waals surface area contributed by atoms with Crippen LogP contribution in [-0.2, 0) is 0 Å². The number of hydrogen-bond donors (Lipinski definition) is 1. The summed E-state index contributed by atoms with van der Waals surface area (Å²) in [5.74, 6) is 1.81. The van der Waals surface area contributed by atoms with Gasteiger partial charge < -0.3 is 14.7 Å². The Hall–Kier alpha value is -2.35. The smallest absolute Gasteiger partial charge is 0.322 e. The number of aromatic nitrogens is 2. The van der Waals surface area contributed by atoms with Crippen LogP contribution in [0.1, 0.15) is 18.5 Å². The fraction of sp³-hybridized carbons (Fsp3) is 0.500. The summed E-state index contributed by atoms with van der Waals surface area (Å²) in [6.45, 7) is 7.06. The molecule has 0 bridgehead atoms. The molecule has 0 spiro atoms. The Morgan fingerprint density at radius 2 is 1.85 bits per heavy atom. The standard InChI is InChI=1S/C18H24N6OS/c1-14-13-15(20-17(19-14)23-6-2-3-7-23)22-8-10-24(11-9-22)18(25)21-16-5-4-12-26-16/h4-5,12-13H,2-3,6-11H2,1H3,(H,21,25). The average Bonchev–Trinajstić information content (AvgIpc) is 3.35. The van der Waals surface area contributed by atoms with Crippen LogP contribution in [0.3, 0.4) is 0 Å². The summed E-state index contributed by atoms with van der Waals surface area (Å²) in [5, 5.41) is 5.81. The van der Waals surface area contributed by atoms with Gasteiger partial charge in [0, 0.05) is 51.0 Å². The molecule has 2 saturated heterocycles. The second-order valence-corrected chi connectivity index (χ2v) is 7.69. The Labute approximate surface area is 157 Å². The van der Waals surface area contributed by atoms with Gasteiger partial charge in [-0.1, -0.05) is 0 Å². The van der Waals surface area contributed by atoms with E-state index in [1.807, 2.05) is 35.4 Å². The predicted molar refractivity (Wildman–Crippen MR) is 105 cm³/mol. The highest BCUT2D eigenvalue weighted by molar-refractivity contribution is 7.14. The van der Waals surface area contributed by atoms with Crippen molar-refractivity contribution >= 4 is 34.1 Å². The normalized spacial score (nSPS) is 17.7. The van der Waals surface area contributed by atoms with Crippen LogP contribution in [-0.4, -0.2) is 60.2 Å². The molecule has 0 unspecified atom stereocenters. The molecule has 2 aromatic rings. The maximum absolute atomic E-state index is 12.4. The Kier molecular flexibility index (Phi) is 4.92. The van der Waals surface area contributed by atoms with Gasteiger partial charge in [-0.2, -0.15) is 4.98 Å². The summed E-state index contributed by atoms with van der Waals surface area (Å²) in [7, 11) is 0. The number of nitrogens with zero attached hydrogens (tertiary/aromatic N) is 5. The van der Waals surface area contributed by atoms with Gasteiger partial charge in [-0.3, -0.25) is 5.32 Å². The van der Waals surface area contributed by atoms with Crippen LogP contribution in [0.25, 0.3) is 0 Å². The molecule has 2 amide bonds. The molecule has 2 aliphatic rings. The van der Waals surface area contributed by atoms with Crippen molar-refractivity contribution < 1.29 is 4.79 Å². The molecule has 8 heteroatoms. The van der Waals surface area contributed by atoms with E-state index in [1.54, 1.807) is 0 Å². The van der Waals surface area contributed by atoms with Crippen LogP contribution in [0, 0.1) is 6.92 Å². The molecule has 0 aromatic carbocycles. The van der Waals surface area contributed by atoms with E-state index in [2.05, 4.69) is 20.1 Å². The van der Waals surface area contributed by atoms with Crippen LogP contribution < -0.4 is 15.1 Å². The Morgan fingerprint density at radius 1 is 1.08 bits per heavy atom. The van der Waals surface area contributed by atoms with E-state index in [1.165, 1.54) is 24.2 Å². The lowest BCUT2D eigenvalue weighted by Crippen LogP contribution is -2.50. The third-order valence-electron chi connectivity index (χ3n) is 4.86. The number of carbonyl (C=O) groups excluding carboxylic acids is 1. The minimum atomic E-state index is -0.0243. The van der Waals surface area contributed by atoms with Gasteiger partial charge in [0.2, 0.25) is 5.95 Å². The summed E-state index contributed by atoms with van der Waals surface area (Å²) in [6.07, 6.45) is 2.43. The van der Waals surface area contributed by atoms with E-state index in [0.717, 1.165) is 48.6 Å². The van der Waals surface area contributed by atoms with Gasteiger partial charge in [0.25, 0.3) is 0 Å². The zero-order valence-corrected chi connectivity index (χ0v) is 15.8. The number of piperazine rings is 1. The van der Waals surface area contributed by atoms with Crippen LogP contribution in [0.4, 0.5) is 21.6 Å². The van der Waals surface area contributed by atoms with Crippen LogP contribution in [0.15, 0.2) is 23.6 Å². The van der Waals surface area contributed by atoms with Gasteiger partial charge in [0.1, 0.15) is 5.82 Å². The molecule has 26 heavy (non-hydrogen) atoms. The lowest BCUT2D eigenvalue weighted by Gasteiger charge is -2.35. The number of urea groups is 1. The zero-order chi connectivity index (χ0) is 17.9. The summed E-state index contributed by atoms with van der Waals surface area (Å²) < 4.78 is 0. The highest BCUT2D eigenvalue weighted by Crippen LogP contribution is 2.22. The predicted octanol–water partition coefficient (Wildman–Crippen LogP) is 2.80. The lowest BCUT2D eigenvalue weighted by molar-refractivity contribution is 0.208. The van der Waals surface area contributed by atoms with E-state index < -0.39 is 0 Å². The summed E-state index contributed by atoms with van der Waals surface area (Å²) in [4.78, 5) is 28.2. The number of thiophene rings is 1. The fourth-order valence-corrected chi connectivity index (χ4v) is 4.04. The van der Waals surface area contributed by atoms with Gasteiger partial charge in [0.15, 0.2) is 0 Å². The Morgan fingerprint density at radius 3 is 2.54 bits per heavy atom. The molecule has 0 radical (unpaired) electrons. The molecule has 2 aromatic heterocycles. The molecule has 4 heterocycles. The Balaban J connectivity index is 1.39. The van der Waals surface area contributed by atoms with Crippen LogP contribution in [0.2, 0.25) is 0 Å². The van der Waals surface area contributed by atoms with E-state index in [9.17, 15) is 4.79 Å². The third-order valence-corrected chi connectivity index (χ3v) is 5.65. The van der Waals surface area contributed by atoms with E-state index in [0.29, 0.717) is 13.1 Å². The number of rotatable bonds is 3. The van der Waals surface area contributed by atoms with Crippen LogP contribution in [0.5, 0.6) is 0 Å². The largest absolute Gasteiger partial charge is 0.353 e. The van der Waals surface area contributed by atoms with Crippen molar-refractivity contribution in [2.75, 3.05) is 54.4 Å². The van der Waals surface area contributed by atoms with Gasteiger partial charge in [-0.15, -0.1) is 11.3 Å². The molecule has 1 N–H and O–H groups in total. The zero-order valence-electron chi connectivity index (χ0n) is 15.0. The number of aryl methyl sites for hydroxylation is 1. The van der Waals surface area contributed by atoms with Crippen molar-refractivity contribution in [2.24, 2.45) is 0 Å². The molecule has 4 rings (SSSR count). The second kappa shape index (κ2) is 7.49. The molecule has 0 atom stereocenters. The molecule has 138 valence electrons. The minimum absolute atomic E-state index is 0.0243. The highest BCUT2D eigenvalue weighted by Gasteiger charge is 2.24. The average molecular weight is 372 g/mol. The molecular weight excluding hydrogens is 348 g/mol. The highest BCUT2D eigenvalue weighted by atomic mass is 32.1. The van der Waals surface area contributed by atoms with Gasteiger partial charge in [0.05, 0.1) is 5.00 Å². The summed E-state index contributed by atoms with van der Waals surface area (Å²) in [6, 6.07) is 5.88. The van der Waals surface area contributed by atoms with Crippen molar-refractivity contribution in [3.8, 4) is 0 Å². The first-order chi connectivity index (χ1) is 12.7. The quantitative estimate of drug-likeness (QED) is 0.898. The van der Waals surface area contributed by atoms with Crippen LogP contribution >= 0.6 is 11.3 Å². The van der Waals surface area contributed by atoms with Crippen molar-refractivity contribution in [2.45, 2.75) is 19.8 Å². The molecule has 7 nitrogen and oxygen atoms in total. The summed E-state index contributed by atoms with van der Waals surface area (Å²) in [5.41, 5.74) is 0.995. The topological polar surface area (TPSA) is 64.6 Å². The number of carbonyl (C=O) groups is 1. The number of anilines is 3. The number of nitrogens with one attached hydrogen (secondary N) is 1. The van der Waals surface area contributed by atoms with Crippen molar-refractivity contribution in [3.05, 3.63) is 29.3 Å². The number of hydrogen-bond acceptors (Lipinski definition) is 6. The van der Waals surface area contributed by atoms with Gasteiger partial charge in [-0.25, -0.2) is 9.78 Å². The third kappa shape index (κ3) is 3.75. The van der Waals surface area contributed by atoms with E-state index in [4.69, 9.17) is 4.98 Å². The van der Waals surface area contributed by atoms with E-state index >= 15 is 0 Å². The summed E-state index contributed by atoms with van der Waals surface area (Å²) >= 11 is 1.54. The van der Waals surface area contributed by atoms with Crippen molar-refractivity contribution in [1.29, 1.82) is 0 Å². The second-order valence-electron chi connectivity index (χ2n) is 6.74. The van der Waals surface area contributed by atoms with Gasteiger partial charge >= 0.3 is 6.03 Å². The maximum Gasteiger partial charge on any atom is 0.322 e. The SMILES string of the molecule is Cc1cc(N2CCN(C(=O)Nc3cccs3)CC2)nc(N2CCCC2)n1. The first kappa shape index (κ1) is 17.1. The first-order valence-electron chi connectivity index (χ1n) is 9.14. The van der Waals surface area contributed by atoms with Crippen molar-refractivity contribution in [3.63, 3.8) is 0 Å². The molecule has 2 fully saturated rings. The van der Waals surface area contributed by atoms with Gasteiger partial charge in [-0.05, 0) is 37.3 Å². The molecule has 2 aliphatic heterocycles. The lowest BCUT2D eigenvalue weighted by atomic mass is 10.3. The number of amides is 2. The maximum atomic E-state index is 12.4.